The van der Waals surface area contributed by atoms with E-state index in [1.165, 1.54) is 22.5 Å². The molecule has 4 rings (SSSR count). The zero-order valence-corrected chi connectivity index (χ0v) is 19.3. The number of aromatic nitrogens is 3. The van der Waals surface area contributed by atoms with E-state index in [-0.39, 0.29) is 23.9 Å². The van der Waals surface area contributed by atoms with Gasteiger partial charge in [0, 0.05) is 24.1 Å². The lowest BCUT2D eigenvalue weighted by molar-refractivity contribution is -0.127. The number of carbonyl (C=O) groups is 1. The van der Waals surface area contributed by atoms with Gasteiger partial charge in [-0.05, 0) is 48.0 Å². The molecule has 0 saturated carbocycles. The Labute approximate surface area is 199 Å². The van der Waals surface area contributed by atoms with E-state index in [0.717, 1.165) is 5.56 Å². The van der Waals surface area contributed by atoms with Crippen molar-refractivity contribution in [2.75, 3.05) is 18.6 Å². The van der Waals surface area contributed by atoms with Gasteiger partial charge in [-0.25, -0.2) is 9.07 Å². The van der Waals surface area contributed by atoms with Gasteiger partial charge >= 0.3 is 0 Å². The number of hydrogen-bond donors (Lipinski definition) is 1. The highest BCUT2D eigenvalue weighted by Gasteiger charge is 2.17. The van der Waals surface area contributed by atoms with Crippen LogP contribution in [0.3, 0.4) is 0 Å². The van der Waals surface area contributed by atoms with Crippen molar-refractivity contribution in [3.8, 4) is 11.3 Å². The highest BCUT2D eigenvalue weighted by atomic mass is 35.5. The molecule has 4 aromatic rings. The molecule has 33 heavy (non-hydrogen) atoms. The van der Waals surface area contributed by atoms with Crippen LogP contribution in [0.5, 0.6) is 0 Å². The number of nitrogen functional groups attached to an aromatic ring is 1. The zero-order valence-electron chi connectivity index (χ0n) is 17.7. The van der Waals surface area contributed by atoms with Gasteiger partial charge in [0.2, 0.25) is 11.1 Å². The average molecular weight is 486 g/mol. The van der Waals surface area contributed by atoms with Crippen LogP contribution in [0.2, 0.25) is 5.02 Å². The Morgan fingerprint density at radius 2 is 1.91 bits per heavy atom. The number of hydrogen-bond acceptors (Lipinski definition) is 6. The van der Waals surface area contributed by atoms with E-state index in [4.69, 9.17) is 21.9 Å². The maximum absolute atomic E-state index is 13.9. The third kappa shape index (κ3) is 5.55. The third-order valence-corrected chi connectivity index (χ3v) is 6.16. The lowest BCUT2D eigenvalue weighted by Crippen LogP contribution is -2.28. The predicted octanol–water partition coefficient (Wildman–Crippen LogP) is 4.39. The summed E-state index contributed by atoms with van der Waals surface area (Å²) in [7, 11) is 1.70. The van der Waals surface area contributed by atoms with Crippen LogP contribution in [0.4, 0.5) is 4.39 Å². The Morgan fingerprint density at radius 3 is 2.67 bits per heavy atom. The van der Waals surface area contributed by atoms with Gasteiger partial charge in [0.15, 0.2) is 5.82 Å². The minimum absolute atomic E-state index is 0.121. The van der Waals surface area contributed by atoms with E-state index in [1.54, 1.807) is 42.3 Å². The minimum atomic E-state index is -0.330. The number of amides is 1. The zero-order chi connectivity index (χ0) is 23.4. The van der Waals surface area contributed by atoms with Gasteiger partial charge in [-0.15, -0.1) is 10.2 Å². The first-order chi connectivity index (χ1) is 15.9. The van der Waals surface area contributed by atoms with E-state index in [1.807, 2.05) is 24.3 Å². The molecule has 0 unspecified atom stereocenters. The number of nitrogens with two attached hydrogens (primary N) is 1. The summed E-state index contributed by atoms with van der Waals surface area (Å²) in [6.07, 6.45) is 0.207. The topological polar surface area (TPSA) is 90.2 Å². The quantitative estimate of drug-likeness (QED) is 0.294. The molecule has 0 aliphatic carbocycles. The number of carbonyl (C=O) groups excluding carboxylic acids is 1. The normalized spacial score (nSPS) is 11.0. The third-order valence-electron chi connectivity index (χ3n) is 4.98. The van der Waals surface area contributed by atoms with Crippen molar-refractivity contribution in [1.29, 1.82) is 0 Å². The van der Waals surface area contributed by atoms with Gasteiger partial charge in [-0.3, -0.25) is 4.79 Å². The van der Waals surface area contributed by atoms with Crippen LogP contribution in [0.25, 0.3) is 11.3 Å². The molecule has 1 amide bonds. The molecule has 2 aromatic heterocycles. The summed E-state index contributed by atoms with van der Waals surface area (Å²) < 4.78 is 21.0. The highest BCUT2D eigenvalue weighted by Crippen LogP contribution is 2.25. The van der Waals surface area contributed by atoms with Crippen LogP contribution in [-0.2, 0) is 17.8 Å². The van der Waals surface area contributed by atoms with E-state index < -0.39 is 0 Å². The van der Waals surface area contributed by atoms with Crippen molar-refractivity contribution in [3.05, 3.63) is 88.7 Å². The molecule has 0 fully saturated rings. The first kappa shape index (κ1) is 22.9. The molecule has 0 saturated heterocycles. The lowest BCUT2D eigenvalue weighted by Gasteiger charge is -2.15. The van der Waals surface area contributed by atoms with Crippen LogP contribution in [0, 0.1) is 5.82 Å². The van der Waals surface area contributed by atoms with Gasteiger partial charge in [0.1, 0.15) is 17.3 Å². The fourth-order valence-electron chi connectivity index (χ4n) is 3.13. The molecule has 7 nitrogen and oxygen atoms in total. The molecule has 0 spiro atoms. The Morgan fingerprint density at radius 1 is 1.15 bits per heavy atom. The Hall–Kier alpha value is -3.30. The SMILES string of the molecule is CN(Cc1ccc(-c2ccc(Cl)cc2)o1)C(=O)CSc1nnc(Cc2ccccc2F)n1N. The van der Waals surface area contributed by atoms with Gasteiger partial charge in [-0.2, -0.15) is 0 Å². The minimum Gasteiger partial charge on any atom is -0.459 e. The summed E-state index contributed by atoms with van der Waals surface area (Å²) in [5, 5.41) is 9.10. The molecular weight excluding hydrogens is 465 g/mol. The molecule has 2 heterocycles. The van der Waals surface area contributed by atoms with Gasteiger partial charge in [0.05, 0.1) is 12.3 Å². The number of furan rings is 1. The number of benzene rings is 2. The monoisotopic (exact) mass is 485 g/mol. The number of thioether (sulfide) groups is 1. The van der Waals surface area contributed by atoms with Crippen LogP contribution >= 0.6 is 23.4 Å². The van der Waals surface area contributed by atoms with Gasteiger partial charge in [0.25, 0.3) is 0 Å². The van der Waals surface area contributed by atoms with Crippen LogP contribution < -0.4 is 5.84 Å². The fraction of sp³-hybridized carbons (Fsp3) is 0.174. The maximum atomic E-state index is 13.9. The number of nitrogens with zero attached hydrogens (tertiary/aromatic N) is 4. The van der Waals surface area contributed by atoms with Crippen molar-refractivity contribution < 1.29 is 13.6 Å². The van der Waals surface area contributed by atoms with E-state index in [0.29, 0.717) is 39.6 Å². The Bertz CT molecular complexity index is 1260. The van der Waals surface area contributed by atoms with E-state index in [9.17, 15) is 9.18 Å². The van der Waals surface area contributed by atoms with Gasteiger partial charge < -0.3 is 15.2 Å². The van der Waals surface area contributed by atoms with Crippen LogP contribution in [-0.4, -0.2) is 38.5 Å². The van der Waals surface area contributed by atoms with E-state index >= 15 is 0 Å². The second-order valence-corrected chi connectivity index (χ2v) is 8.73. The largest absolute Gasteiger partial charge is 0.459 e. The standard InChI is InChI=1S/C23H21ClFN5O2S/c1-29(13-18-10-11-20(32-18)15-6-8-17(24)9-7-15)22(31)14-33-23-28-27-21(30(23)26)12-16-4-2-3-5-19(16)25/h2-11H,12-14,26H2,1H3. The second kappa shape index (κ2) is 10.1. The molecule has 170 valence electrons. The molecular formula is C23H21ClFN5O2S. The summed E-state index contributed by atoms with van der Waals surface area (Å²) in [6.45, 7) is 0.320. The summed E-state index contributed by atoms with van der Waals surface area (Å²) >= 11 is 7.10. The van der Waals surface area contributed by atoms with Crippen molar-refractivity contribution >= 4 is 29.3 Å². The first-order valence-electron chi connectivity index (χ1n) is 10.0. The highest BCUT2D eigenvalue weighted by molar-refractivity contribution is 7.99. The number of halogens is 2. The van der Waals surface area contributed by atoms with Crippen molar-refractivity contribution in [2.45, 2.75) is 18.1 Å². The second-order valence-electron chi connectivity index (χ2n) is 7.35. The number of rotatable bonds is 8. The Balaban J connectivity index is 1.32. The van der Waals surface area contributed by atoms with Crippen molar-refractivity contribution in [1.82, 2.24) is 19.8 Å². The lowest BCUT2D eigenvalue weighted by atomic mass is 10.1. The summed E-state index contributed by atoms with van der Waals surface area (Å²) in [6, 6.07) is 17.5. The maximum Gasteiger partial charge on any atom is 0.233 e. The molecule has 2 N–H and O–H groups in total. The smallest absolute Gasteiger partial charge is 0.233 e. The molecule has 0 radical (unpaired) electrons. The van der Waals surface area contributed by atoms with Crippen LogP contribution in [0.1, 0.15) is 17.1 Å². The molecule has 0 atom stereocenters. The molecule has 0 aliphatic heterocycles. The summed E-state index contributed by atoms with van der Waals surface area (Å²) in [5.74, 6) is 7.50. The van der Waals surface area contributed by atoms with Crippen LogP contribution in [0.15, 0.2) is 70.2 Å². The molecule has 0 aliphatic rings. The summed E-state index contributed by atoms with van der Waals surface area (Å²) in [5.41, 5.74) is 1.38. The molecule has 2 aromatic carbocycles. The van der Waals surface area contributed by atoms with Gasteiger partial charge in [-0.1, -0.05) is 41.6 Å². The average Bonchev–Trinajstić information content (AvgIpc) is 3.41. The molecule has 10 heteroatoms. The van der Waals surface area contributed by atoms with Crippen molar-refractivity contribution in [3.63, 3.8) is 0 Å². The van der Waals surface area contributed by atoms with Crippen molar-refractivity contribution in [2.24, 2.45) is 0 Å². The first-order valence-corrected chi connectivity index (χ1v) is 11.4. The Kier molecular flexibility index (Phi) is 7.00. The molecule has 0 bridgehead atoms. The fourth-order valence-corrected chi connectivity index (χ4v) is 4.07. The predicted molar refractivity (Wildman–Crippen MR) is 126 cm³/mol. The summed E-state index contributed by atoms with van der Waals surface area (Å²) in [4.78, 5) is 14.2. The van der Waals surface area contributed by atoms with E-state index in [2.05, 4.69) is 10.2 Å².